The summed E-state index contributed by atoms with van der Waals surface area (Å²) in [5.74, 6) is -0.242. The van der Waals surface area contributed by atoms with Gasteiger partial charge in [-0.3, -0.25) is 9.59 Å². The number of hydrazone groups is 2. The van der Waals surface area contributed by atoms with Gasteiger partial charge in [0.25, 0.3) is 0 Å². The standard InChI is InChI=1S/C18H32N4O2/c1-17(2,3)11-19-21-15(23)13-7-9-14(10-8-13)16(24)22-20-12-18(4,5)6/h11-14H,7-10H2,1-6H3,(H,21,23)(H,22,24)/b19-11+,20-12+. The molecule has 0 aromatic carbocycles. The fraction of sp³-hybridized carbons (Fsp3) is 0.778. The molecule has 0 radical (unpaired) electrons. The highest BCUT2D eigenvalue weighted by Crippen LogP contribution is 2.29. The molecule has 0 spiro atoms. The summed E-state index contributed by atoms with van der Waals surface area (Å²) in [7, 11) is 0. The van der Waals surface area contributed by atoms with Gasteiger partial charge in [-0.2, -0.15) is 10.2 Å². The Labute approximate surface area is 145 Å². The zero-order valence-corrected chi connectivity index (χ0v) is 15.8. The second-order valence-electron chi connectivity index (χ2n) is 8.75. The van der Waals surface area contributed by atoms with Gasteiger partial charge >= 0.3 is 0 Å². The first-order valence-corrected chi connectivity index (χ1v) is 8.66. The van der Waals surface area contributed by atoms with Crippen LogP contribution in [0, 0.1) is 22.7 Å². The lowest BCUT2D eigenvalue weighted by Crippen LogP contribution is -2.35. The Morgan fingerprint density at radius 1 is 0.750 bits per heavy atom. The molecule has 2 amide bonds. The monoisotopic (exact) mass is 336 g/mol. The van der Waals surface area contributed by atoms with Gasteiger partial charge < -0.3 is 0 Å². The van der Waals surface area contributed by atoms with Crippen molar-refractivity contribution < 1.29 is 9.59 Å². The number of nitrogens with zero attached hydrogens (tertiary/aromatic N) is 2. The van der Waals surface area contributed by atoms with Crippen LogP contribution in [-0.2, 0) is 9.59 Å². The number of hydrogen-bond donors (Lipinski definition) is 2. The highest BCUT2D eigenvalue weighted by atomic mass is 16.2. The Kier molecular flexibility index (Phi) is 7.11. The van der Waals surface area contributed by atoms with Gasteiger partial charge in [-0.15, -0.1) is 0 Å². The Hall–Kier alpha value is -1.72. The zero-order chi connectivity index (χ0) is 18.4. The number of carbonyl (C=O) groups is 2. The maximum Gasteiger partial charge on any atom is 0.243 e. The van der Waals surface area contributed by atoms with Crippen LogP contribution in [0.15, 0.2) is 10.2 Å². The van der Waals surface area contributed by atoms with Gasteiger partial charge in [0, 0.05) is 24.3 Å². The molecule has 1 saturated carbocycles. The average Bonchev–Trinajstić information content (AvgIpc) is 2.44. The zero-order valence-electron chi connectivity index (χ0n) is 15.8. The maximum atomic E-state index is 12.1. The largest absolute Gasteiger partial charge is 0.273 e. The molecule has 1 rings (SSSR count). The summed E-state index contributed by atoms with van der Waals surface area (Å²) >= 11 is 0. The lowest BCUT2D eigenvalue weighted by atomic mass is 9.81. The van der Waals surface area contributed by atoms with Crippen molar-refractivity contribution >= 4 is 24.2 Å². The van der Waals surface area contributed by atoms with Crippen LogP contribution in [-0.4, -0.2) is 24.2 Å². The van der Waals surface area contributed by atoms with E-state index in [0.717, 1.165) is 0 Å². The SMILES string of the molecule is CC(C)(C)/C=N/NC(=O)C1CCC(C(=O)N/N=C/C(C)(C)C)CC1. The third-order valence-electron chi connectivity index (χ3n) is 3.72. The highest BCUT2D eigenvalue weighted by Gasteiger charge is 2.29. The van der Waals surface area contributed by atoms with Crippen LogP contribution in [0.4, 0.5) is 0 Å². The molecule has 2 N–H and O–H groups in total. The van der Waals surface area contributed by atoms with Gasteiger partial charge in [0.1, 0.15) is 0 Å². The second-order valence-corrected chi connectivity index (χ2v) is 8.75. The first-order valence-electron chi connectivity index (χ1n) is 8.66. The van der Waals surface area contributed by atoms with Crippen molar-refractivity contribution in [2.24, 2.45) is 32.9 Å². The van der Waals surface area contributed by atoms with Crippen molar-refractivity contribution in [1.82, 2.24) is 10.9 Å². The lowest BCUT2D eigenvalue weighted by Gasteiger charge is -2.26. The van der Waals surface area contributed by atoms with Crippen molar-refractivity contribution in [1.29, 1.82) is 0 Å². The molecule has 0 unspecified atom stereocenters. The minimum absolute atomic E-state index is 0.0555. The molecule has 0 aromatic rings. The van der Waals surface area contributed by atoms with Gasteiger partial charge in [0.2, 0.25) is 11.8 Å². The number of hydrogen-bond acceptors (Lipinski definition) is 4. The predicted octanol–water partition coefficient (Wildman–Crippen LogP) is 3.09. The van der Waals surface area contributed by atoms with E-state index in [-0.39, 0.29) is 34.5 Å². The minimum atomic E-state index is -0.0655. The predicted molar refractivity (Wildman–Crippen MR) is 97.6 cm³/mol. The van der Waals surface area contributed by atoms with E-state index in [1.54, 1.807) is 12.4 Å². The summed E-state index contributed by atoms with van der Waals surface area (Å²) in [4.78, 5) is 24.2. The molecule has 1 aliphatic carbocycles. The molecule has 0 saturated heterocycles. The smallest absolute Gasteiger partial charge is 0.243 e. The molecule has 6 nitrogen and oxygen atoms in total. The second kappa shape index (κ2) is 8.40. The summed E-state index contributed by atoms with van der Waals surface area (Å²) in [6.45, 7) is 12.1. The normalized spacial score (nSPS) is 22.8. The number of carbonyl (C=O) groups excluding carboxylic acids is 2. The van der Waals surface area contributed by atoms with Crippen LogP contribution in [0.25, 0.3) is 0 Å². The van der Waals surface area contributed by atoms with Crippen molar-refractivity contribution in [3.05, 3.63) is 0 Å². The van der Waals surface area contributed by atoms with E-state index in [2.05, 4.69) is 21.1 Å². The lowest BCUT2D eigenvalue weighted by molar-refractivity contribution is -0.130. The quantitative estimate of drug-likeness (QED) is 0.611. The van der Waals surface area contributed by atoms with Crippen LogP contribution in [0.1, 0.15) is 67.2 Å². The first kappa shape index (κ1) is 20.3. The van der Waals surface area contributed by atoms with Crippen LogP contribution in [0.2, 0.25) is 0 Å². The van der Waals surface area contributed by atoms with E-state index in [1.165, 1.54) is 0 Å². The molecule has 136 valence electrons. The van der Waals surface area contributed by atoms with Gasteiger partial charge in [0.05, 0.1) is 0 Å². The van der Waals surface area contributed by atoms with E-state index in [9.17, 15) is 9.59 Å². The van der Waals surface area contributed by atoms with Crippen LogP contribution in [0.5, 0.6) is 0 Å². The van der Waals surface area contributed by atoms with Crippen LogP contribution < -0.4 is 10.9 Å². The van der Waals surface area contributed by atoms with Gasteiger partial charge in [0.15, 0.2) is 0 Å². The topological polar surface area (TPSA) is 82.9 Å². The Bertz CT molecular complexity index is 444. The van der Waals surface area contributed by atoms with Crippen molar-refractivity contribution in [3.63, 3.8) is 0 Å². The minimum Gasteiger partial charge on any atom is -0.273 e. The van der Waals surface area contributed by atoms with Crippen molar-refractivity contribution in [2.75, 3.05) is 0 Å². The summed E-state index contributed by atoms with van der Waals surface area (Å²) in [6, 6.07) is 0. The first-order chi connectivity index (χ1) is 11.0. The molecule has 1 fully saturated rings. The number of nitrogens with one attached hydrogen (secondary N) is 2. The molecule has 24 heavy (non-hydrogen) atoms. The van der Waals surface area contributed by atoms with E-state index in [1.807, 2.05) is 41.5 Å². The molecule has 0 bridgehead atoms. The molecule has 0 atom stereocenters. The number of rotatable bonds is 4. The van der Waals surface area contributed by atoms with Crippen LogP contribution in [0.3, 0.4) is 0 Å². The van der Waals surface area contributed by atoms with Gasteiger partial charge in [-0.25, -0.2) is 10.9 Å². The fourth-order valence-electron chi connectivity index (χ4n) is 2.38. The summed E-state index contributed by atoms with van der Waals surface area (Å²) in [5.41, 5.74) is 5.10. The highest BCUT2D eigenvalue weighted by molar-refractivity contribution is 5.82. The Morgan fingerprint density at radius 3 is 1.29 bits per heavy atom. The Balaban J connectivity index is 2.38. The fourth-order valence-corrected chi connectivity index (χ4v) is 2.38. The third-order valence-corrected chi connectivity index (χ3v) is 3.72. The Morgan fingerprint density at radius 2 is 1.04 bits per heavy atom. The van der Waals surface area contributed by atoms with Gasteiger partial charge in [-0.05, 0) is 36.5 Å². The van der Waals surface area contributed by atoms with Gasteiger partial charge in [-0.1, -0.05) is 41.5 Å². The van der Waals surface area contributed by atoms with Crippen molar-refractivity contribution in [2.45, 2.75) is 67.2 Å². The maximum absolute atomic E-state index is 12.1. The summed E-state index contributed by atoms with van der Waals surface area (Å²) in [5, 5.41) is 8.02. The van der Waals surface area contributed by atoms with E-state index in [0.29, 0.717) is 25.7 Å². The molecule has 0 aromatic heterocycles. The third kappa shape index (κ3) is 8.22. The van der Waals surface area contributed by atoms with Crippen molar-refractivity contribution in [3.8, 4) is 0 Å². The summed E-state index contributed by atoms with van der Waals surface area (Å²) in [6.07, 6.45) is 6.29. The van der Waals surface area contributed by atoms with Crippen LogP contribution >= 0.6 is 0 Å². The molecular formula is C18H32N4O2. The van der Waals surface area contributed by atoms with E-state index in [4.69, 9.17) is 0 Å². The molecular weight excluding hydrogens is 304 g/mol. The average molecular weight is 336 g/mol. The molecule has 6 heteroatoms. The molecule has 0 aliphatic heterocycles. The molecule has 1 aliphatic rings. The number of amides is 2. The summed E-state index contributed by atoms with van der Waals surface area (Å²) < 4.78 is 0. The molecule has 0 heterocycles. The van der Waals surface area contributed by atoms with E-state index >= 15 is 0 Å². The van der Waals surface area contributed by atoms with E-state index < -0.39 is 0 Å².